The number of anilines is 1. The minimum atomic E-state index is -1.12. The van der Waals surface area contributed by atoms with Crippen molar-refractivity contribution in [2.75, 3.05) is 11.9 Å². The van der Waals surface area contributed by atoms with Gasteiger partial charge in [0.15, 0.2) is 0 Å². The molecule has 0 aliphatic rings. The average molecular weight is 295 g/mol. The average Bonchev–Trinajstić information content (AvgIpc) is 3.03. The van der Waals surface area contributed by atoms with Crippen LogP contribution in [0.1, 0.15) is 39.4 Å². The van der Waals surface area contributed by atoms with Crippen molar-refractivity contribution in [1.29, 1.82) is 0 Å². The van der Waals surface area contributed by atoms with Gasteiger partial charge in [-0.05, 0) is 18.5 Å². The molecule has 2 heterocycles. The highest BCUT2D eigenvalue weighted by atomic mass is 32.1. The molecule has 0 saturated heterocycles. The third kappa shape index (κ3) is 2.39. The van der Waals surface area contributed by atoms with Crippen LogP contribution in [0, 0.1) is 6.92 Å². The van der Waals surface area contributed by atoms with Crippen molar-refractivity contribution in [2.24, 2.45) is 0 Å². The third-order valence-electron chi connectivity index (χ3n) is 2.73. The standard InChI is InChI=1S/C11H13N5O3S/c1-4-6-12-8(14-13-6)9(17)16(3)10-7(11(18)19)5(2)15-20-10/h4H2,1-3H3,(H,18,19)(H,12,13,14). The number of H-pyrrole nitrogens is 1. The lowest BCUT2D eigenvalue weighted by molar-refractivity contribution is 0.0697. The molecule has 0 spiro atoms. The predicted octanol–water partition coefficient (Wildman–Crippen LogP) is 1.11. The molecule has 0 saturated carbocycles. The maximum Gasteiger partial charge on any atom is 0.340 e. The first kappa shape index (κ1) is 14.1. The Hall–Kier alpha value is -2.29. The summed E-state index contributed by atoms with van der Waals surface area (Å²) in [5, 5.41) is 15.9. The van der Waals surface area contributed by atoms with Crippen molar-refractivity contribution in [3.63, 3.8) is 0 Å². The lowest BCUT2D eigenvalue weighted by Crippen LogP contribution is -2.28. The number of carboxylic acid groups (broad SMARTS) is 1. The zero-order chi connectivity index (χ0) is 14.9. The first-order chi connectivity index (χ1) is 9.45. The maximum absolute atomic E-state index is 12.2. The van der Waals surface area contributed by atoms with Gasteiger partial charge < -0.3 is 5.11 Å². The zero-order valence-corrected chi connectivity index (χ0v) is 12.0. The summed E-state index contributed by atoms with van der Waals surface area (Å²) in [6.45, 7) is 3.47. The summed E-state index contributed by atoms with van der Waals surface area (Å²) >= 11 is 0.957. The van der Waals surface area contributed by atoms with Crippen LogP contribution in [0.3, 0.4) is 0 Å². The number of carbonyl (C=O) groups is 2. The van der Waals surface area contributed by atoms with Crippen molar-refractivity contribution in [1.82, 2.24) is 19.6 Å². The van der Waals surface area contributed by atoms with Crippen LogP contribution in [0.2, 0.25) is 0 Å². The van der Waals surface area contributed by atoms with Gasteiger partial charge in [0.05, 0.1) is 5.69 Å². The minimum Gasteiger partial charge on any atom is -0.478 e. The number of carboxylic acids is 1. The number of nitrogens with zero attached hydrogens (tertiary/aromatic N) is 4. The second kappa shape index (κ2) is 5.37. The highest BCUT2D eigenvalue weighted by Gasteiger charge is 2.26. The van der Waals surface area contributed by atoms with Gasteiger partial charge in [-0.1, -0.05) is 6.92 Å². The second-order valence-electron chi connectivity index (χ2n) is 4.08. The molecule has 0 bridgehead atoms. The van der Waals surface area contributed by atoms with Gasteiger partial charge in [0.2, 0.25) is 5.82 Å². The van der Waals surface area contributed by atoms with E-state index in [-0.39, 0.29) is 16.4 Å². The molecule has 0 unspecified atom stereocenters. The lowest BCUT2D eigenvalue weighted by atomic mass is 10.2. The molecule has 0 aliphatic carbocycles. The number of carbonyl (C=O) groups excluding carboxylic acids is 1. The molecule has 2 aromatic heterocycles. The van der Waals surface area contributed by atoms with Gasteiger partial charge in [0.1, 0.15) is 16.4 Å². The normalized spacial score (nSPS) is 10.6. The van der Waals surface area contributed by atoms with E-state index in [1.165, 1.54) is 11.9 Å². The van der Waals surface area contributed by atoms with Crippen LogP contribution in [0.25, 0.3) is 0 Å². The van der Waals surface area contributed by atoms with Crippen LogP contribution in [0.15, 0.2) is 0 Å². The molecule has 2 N–H and O–H groups in total. The minimum absolute atomic E-state index is 0.00624. The fourth-order valence-electron chi connectivity index (χ4n) is 1.62. The van der Waals surface area contributed by atoms with Crippen LogP contribution < -0.4 is 4.90 Å². The Bertz CT molecular complexity index is 663. The van der Waals surface area contributed by atoms with Crippen LogP contribution in [0.5, 0.6) is 0 Å². The van der Waals surface area contributed by atoms with E-state index in [4.69, 9.17) is 0 Å². The Morgan fingerprint density at radius 3 is 2.70 bits per heavy atom. The topological polar surface area (TPSA) is 112 Å². The van der Waals surface area contributed by atoms with E-state index >= 15 is 0 Å². The maximum atomic E-state index is 12.2. The van der Waals surface area contributed by atoms with Crippen molar-refractivity contribution in [2.45, 2.75) is 20.3 Å². The highest BCUT2D eigenvalue weighted by molar-refractivity contribution is 7.11. The molecule has 0 atom stereocenters. The molecular weight excluding hydrogens is 282 g/mol. The number of aromatic nitrogens is 4. The van der Waals surface area contributed by atoms with E-state index in [2.05, 4.69) is 19.6 Å². The first-order valence-corrected chi connectivity index (χ1v) is 6.62. The van der Waals surface area contributed by atoms with Crippen LogP contribution in [-0.2, 0) is 6.42 Å². The molecule has 2 rings (SSSR count). The Morgan fingerprint density at radius 1 is 1.45 bits per heavy atom. The van der Waals surface area contributed by atoms with E-state index in [0.29, 0.717) is 17.9 Å². The summed E-state index contributed by atoms with van der Waals surface area (Å²) in [6, 6.07) is 0. The van der Waals surface area contributed by atoms with Gasteiger partial charge >= 0.3 is 5.97 Å². The van der Waals surface area contributed by atoms with Gasteiger partial charge in [-0.3, -0.25) is 14.8 Å². The monoisotopic (exact) mass is 295 g/mol. The van der Waals surface area contributed by atoms with Gasteiger partial charge in [-0.15, -0.1) is 5.10 Å². The Balaban J connectivity index is 2.33. The Labute approximate surface area is 118 Å². The van der Waals surface area contributed by atoms with Crippen molar-refractivity contribution in [3.8, 4) is 0 Å². The Morgan fingerprint density at radius 2 is 2.15 bits per heavy atom. The summed E-state index contributed by atoms with van der Waals surface area (Å²) in [6.07, 6.45) is 0.629. The number of hydrogen-bond acceptors (Lipinski definition) is 6. The highest BCUT2D eigenvalue weighted by Crippen LogP contribution is 2.28. The van der Waals surface area contributed by atoms with Crippen molar-refractivity contribution >= 4 is 28.4 Å². The van der Waals surface area contributed by atoms with Gasteiger partial charge in [-0.25, -0.2) is 9.78 Å². The fraction of sp³-hybridized carbons (Fsp3) is 0.364. The zero-order valence-electron chi connectivity index (χ0n) is 11.2. The number of rotatable bonds is 4. The molecule has 106 valence electrons. The largest absolute Gasteiger partial charge is 0.478 e. The van der Waals surface area contributed by atoms with E-state index < -0.39 is 11.9 Å². The van der Waals surface area contributed by atoms with Gasteiger partial charge in [-0.2, -0.15) is 4.37 Å². The molecule has 8 nitrogen and oxygen atoms in total. The van der Waals surface area contributed by atoms with E-state index in [1.54, 1.807) is 6.92 Å². The van der Waals surface area contributed by atoms with E-state index in [9.17, 15) is 14.7 Å². The molecule has 9 heteroatoms. The summed E-state index contributed by atoms with van der Waals surface area (Å²) in [7, 11) is 1.48. The predicted molar refractivity (Wildman–Crippen MR) is 72.3 cm³/mol. The number of hydrogen-bond donors (Lipinski definition) is 2. The number of nitrogens with one attached hydrogen (secondary N) is 1. The summed E-state index contributed by atoms with van der Waals surface area (Å²) in [4.78, 5) is 28.7. The molecule has 0 aromatic carbocycles. The van der Waals surface area contributed by atoms with Gasteiger partial charge in [0.25, 0.3) is 5.91 Å². The molecule has 20 heavy (non-hydrogen) atoms. The molecule has 2 aromatic rings. The summed E-state index contributed by atoms with van der Waals surface area (Å²) < 4.78 is 3.97. The van der Waals surface area contributed by atoms with Crippen molar-refractivity contribution < 1.29 is 14.7 Å². The molecular formula is C11H13N5O3S. The quantitative estimate of drug-likeness (QED) is 0.873. The van der Waals surface area contributed by atoms with Crippen LogP contribution >= 0.6 is 11.5 Å². The molecule has 1 amide bonds. The van der Waals surface area contributed by atoms with E-state index in [0.717, 1.165) is 11.5 Å². The SMILES string of the molecule is CCc1nc(C(=O)N(C)c2snc(C)c2C(=O)O)n[nH]1. The fourth-order valence-corrected chi connectivity index (χ4v) is 2.47. The number of aromatic amines is 1. The van der Waals surface area contributed by atoms with Crippen LogP contribution in [-0.4, -0.2) is 43.6 Å². The third-order valence-corrected chi connectivity index (χ3v) is 3.74. The van der Waals surface area contributed by atoms with Crippen LogP contribution in [0.4, 0.5) is 5.00 Å². The summed E-state index contributed by atoms with van der Waals surface area (Å²) in [5.74, 6) is -0.991. The lowest BCUT2D eigenvalue weighted by Gasteiger charge is -2.13. The Kier molecular flexibility index (Phi) is 3.79. The van der Waals surface area contributed by atoms with E-state index in [1.807, 2.05) is 6.92 Å². The van der Waals surface area contributed by atoms with Gasteiger partial charge in [0, 0.05) is 13.5 Å². The first-order valence-electron chi connectivity index (χ1n) is 5.84. The molecule has 0 radical (unpaired) electrons. The second-order valence-corrected chi connectivity index (χ2v) is 4.83. The molecule has 0 fully saturated rings. The smallest absolute Gasteiger partial charge is 0.340 e. The van der Waals surface area contributed by atoms with Crippen molar-refractivity contribution in [3.05, 3.63) is 22.9 Å². The summed E-state index contributed by atoms with van der Waals surface area (Å²) in [5.41, 5.74) is 0.401. The number of amides is 1. The number of aryl methyl sites for hydroxylation is 2. The molecule has 0 aliphatic heterocycles. The number of aromatic carboxylic acids is 1.